The fraction of sp³-hybridized carbons (Fsp3) is 0.458. The number of carbonyl (C=O) groups excluding carboxylic acids is 2. The number of piperidine rings is 1. The Morgan fingerprint density at radius 2 is 1.79 bits per heavy atom. The van der Waals surface area contributed by atoms with Crippen LogP contribution >= 0.6 is 0 Å². The van der Waals surface area contributed by atoms with Crippen LogP contribution in [0.15, 0.2) is 24.3 Å². The number of amides is 2. The van der Waals surface area contributed by atoms with Crippen LogP contribution in [0.4, 0.5) is 0 Å². The summed E-state index contributed by atoms with van der Waals surface area (Å²) >= 11 is 0. The van der Waals surface area contributed by atoms with Crippen LogP contribution in [0.5, 0.6) is 0 Å². The van der Waals surface area contributed by atoms with Gasteiger partial charge in [-0.25, -0.2) is 0 Å². The molecule has 0 aromatic heterocycles. The Morgan fingerprint density at radius 1 is 1.03 bits per heavy atom. The minimum absolute atomic E-state index is 0.0163. The van der Waals surface area contributed by atoms with Gasteiger partial charge in [-0.3, -0.25) is 9.59 Å². The average molecular weight is 391 g/mol. The first-order valence-electron chi connectivity index (χ1n) is 10.8. The third-order valence-electron chi connectivity index (χ3n) is 6.84. The second-order valence-electron chi connectivity index (χ2n) is 8.61. The van der Waals surface area contributed by atoms with Crippen molar-refractivity contribution in [1.82, 2.24) is 14.7 Å². The number of nitrogens with zero attached hydrogens (tertiary/aromatic N) is 3. The normalized spacial score (nSPS) is 26.5. The highest BCUT2D eigenvalue weighted by Gasteiger charge is 2.40. The van der Waals surface area contributed by atoms with E-state index in [1.807, 2.05) is 15.9 Å². The van der Waals surface area contributed by atoms with Gasteiger partial charge in [-0.1, -0.05) is 24.3 Å². The Hall–Kier alpha value is -1.88. The lowest BCUT2D eigenvalue weighted by atomic mass is 9.89. The molecule has 5 radical (unpaired) electrons. The van der Waals surface area contributed by atoms with E-state index in [2.05, 4.69) is 48.8 Å². The minimum Gasteiger partial charge on any atom is -0.332 e. The molecule has 1 aliphatic carbocycles. The second-order valence-corrected chi connectivity index (χ2v) is 8.61. The van der Waals surface area contributed by atoms with Gasteiger partial charge in [0.05, 0.1) is 12.6 Å². The van der Waals surface area contributed by atoms with E-state index in [0.29, 0.717) is 6.54 Å². The highest BCUT2D eigenvalue weighted by molar-refractivity contribution is 5.87. The number of likely N-dealkylation sites (tertiary alicyclic amines) is 1. The molecule has 3 fully saturated rings. The molecule has 5 nitrogen and oxygen atoms in total. The topological polar surface area (TPSA) is 43.9 Å². The predicted octanol–water partition coefficient (Wildman–Crippen LogP) is 2.07. The predicted molar refractivity (Wildman–Crippen MR) is 111 cm³/mol. The molecule has 1 atom stereocenters. The average Bonchev–Trinajstić information content (AvgIpc) is 3.26. The van der Waals surface area contributed by atoms with E-state index in [9.17, 15) is 9.59 Å². The maximum atomic E-state index is 13.2. The first kappa shape index (κ1) is 19.1. The van der Waals surface area contributed by atoms with Crippen LogP contribution in [0.2, 0.25) is 0 Å². The number of benzene rings is 1. The molecule has 2 amide bonds. The molecule has 4 aliphatic rings. The monoisotopic (exact) mass is 390 g/mol. The van der Waals surface area contributed by atoms with Crippen LogP contribution in [0, 0.1) is 37.5 Å². The summed E-state index contributed by atoms with van der Waals surface area (Å²) in [5.74, 6) is 1.66. The number of carbonyl (C=O) groups is 2. The van der Waals surface area contributed by atoms with Gasteiger partial charge in [0.2, 0.25) is 11.8 Å². The van der Waals surface area contributed by atoms with Crippen LogP contribution < -0.4 is 0 Å². The molecule has 1 saturated carbocycles. The number of hydrogen-bond donors (Lipinski definition) is 0. The molecule has 1 aromatic rings. The van der Waals surface area contributed by atoms with Crippen LogP contribution in [0.3, 0.4) is 0 Å². The number of fused-ring (bicyclic) bond motifs is 3. The van der Waals surface area contributed by atoms with E-state index < -0.39 is 0 Å². The summed E-state index contributed by atoms with van der Waals surface area (Å²) in [6.07, 6.45) is 11.1. The summed E-state index contributed by atoms with van der Waals surface area (Å²) in [4.78, 5) is 32.3. The van der Waals surface area contributed by atoms with Crippen LogP contribution in [-0.2, 0) is 16.0 Å². The van der Waals surface area contributed by atoms with Crippen molar-refractivity contribution in [1.29, 1.82) is 0 Å². The van der Waals surface area contributed by atoms with Crippen molar-refractivity contribution >= 4 is 11.8 Å². The molecule has 5 heteroatoms. The lowest BCUT2D eigenvalue weighted by Crippen LogP contribution is -2.57. The molecule has 0 N–H and O–H groups in total. The smallest absolute Gasteiger partial charge is 0.242 e. The Kier molecular flexibility index (Phi) is 5.33. The van der Waals surface area contributed by atoms with Gasteiger partial charge in [0.1, 0.15) is 0 Å². The van der Waals surface area contributed by atoms with E-state index in [-0.39, 0.29) is 30.3 Å². The number of piperazine rings is 1. The maximum Gasteiger partial charge on any atom is 0.242 e. The minimum atomic E-state index is 0.0163. The van der Waals surface area contributed by atoms with Crippen molar-refractivity contribution in [3.63, 3.8) is 0 Å². The van der Waals surface area contributed by atoms with Crippen molar-refractivity contribution in [2.75, 3.05) is 39.3 Å². The van der Waals surface area contributed by atoms with E-state index in [0.717, 1.165) is 45.4 Å². The van der Waals surface area contributed by atoms with Gasteiger partial charge in [-0.05, 0) is 75.1 Å². The summed E-state index contributed by atoms with van der Waals surface area (Å²) in [5.41, 5.74) is 2.53. The first-order valence-corrected chi connectivity index (χ1v) is 10.8. The molecule has 3 heterocycles. The van der Waals surface area contributed by atoms with Crippen LogP contribution in [0.25, 0.3) is 0 Å². The lowest BCUT2D eigenvalue weighted by molar-refractivity contribution is -0.152. The molecule has 1 unspecified atom stereocenters. The zero-order valence-electron chi connectivity index (χ0n) is 16.8. The van der Waals surface area contributed by atoms with E-state index in [1.165, 1.54) is 17.0 Å². The molecular formula is C24H28N3O2. The largest absolute Gasteiger partial charge is 0.332 e. The van der Waals surface area contributed by atoms with Gasteiger partial charge in [0, 0.05) is 25.6 Å². The standard InChI is InChI=1S/C24H28N3O2/c28-23-17-26(16-22-21-8-4-3-7-19(21)11-14-27(22)23)24(29)20-9-12-25(13-10-20)15-18-5-1-2-6-18/h1-8,20,22H,9-17H2. The summed E-state index contributed by atoms with van der Waals surface area (Å²) in [5, 5.41) is 0. The fourth-order valence-corrected chi connectivity index (χ4v) is 5.22. The quantitative estimate of drug-likeness (QED) is 0.794. The molecule has 1 aromatic carbocycles. The van der Waals surface area contributed by atoms with Crippen molar-refractivity contribution in [3.05, 3.63) is 67.0 Å². The van der Waals surface area contributed by atoms with Gasteiger partial charge in [-0.15, -0.1) is 0 Å². The van der Waals surface area contributed by atoms with Crippen molar-refractivity contribution in [2.24, 2.45) is 5.92 Å². The van der Waals surface area contributed by atoms with Gasteiger partial charge in [-0.2, -0.15) is 0 Å². The van der Waals surface area contributed by atoms with Gasteiger partial charge >= 0.3 is 0 Å². The maximum absolute atomic E-state index is 13.2. The molecule has 0 bridgehead atoms. The highest BCUT2D eigenvalue weighted by Crippen LogP contribution is 2.34. The number of hydrogen-bond acceptors (Lipinski definition) is 3. The van der Waals surface area contributed by atoms with Crippen molar-refractivity contribution in [3.8, 4) is 0 Å². The fourth-order valence-electron chi connectivity index (χ4n) is 5.22. The number of rotatable bonds is 3. The Balaban J connectivity index is 1.21. The zero-order valence-corrected chi connectivity index (χ0v) is 16.8. The zero-order chi connectivity index (χ0) is 19.8. The Labute approximate surface area is 174 Å². The second kappa shape index (κ2) is 8.10. The Bertz CT molecular complexity index is 765. The summed E-state index contributed by atoms with van der Waals surface area (Å²) in [7, 11) is 0. The van der Waals surface area contributed by atoms with E-state index >= 15 is 0 Å². The lowest BCUT2D eigenvalue weighted by Gasteiger charge is -2.45. The highest BCUT2D eigenvalue weighted by atomic mass is 16.2. The third-order valence-corrected chi connectivity index (χ3v) is 6.84. The van der Waals surface area contributed by atoms with Crippen molar-refractivity contribution in [2.45, 2.75) is 25.3 Å². The molecule has 5 rings (SSSR count). The van der Waals surface area contributed by atoms with E-state index in [1.54, 1.807) is 0 Å². The van der Waals surface area contributed by atoms with Gasteiger partial charge in [0.15, 0.2) is 0 Å². The summed E-state index contributed by atoms with van der Waals surface area (Å²) in [6.45, 7) is 4.50. The van der Waals surface area contributed by atoms with E-state index in [4.69, 9.17) is 0 Å². The molecule has 3 aliphatic heterocycles. The SMILES string of the molecule is O=C(C1CCN(C[C]2[CH][CH][CH][CH]2)CC1)N1CC(=O)N2CCc3ccccc3C2C1. The Morgan fingerprint density at radius 3 is 2.59 bits per heavy atom. The first-order chi connectivity index (χ1) is 14.2. The third kappa shape index (κ3) is 3.81. The molecule has 0 spiro atoms. The summed E-state index contributed by atoms with van der Waals surface area (Å²) in [6, 6.07) is 8.39. The molecule has 29 heavy (non-hydrogen) atoms. The van der Waals surface area contributed by atoms with Gasteiger partial charge < -0.3 is 14.7 Å². The molecule has 2 saturated heterocycles. The summed E-state index contributed by atoms with van der Waals surface area (Å²) < 4.78 is 0. The molecule has 151 valence electrons. The molecular weight excluding hydrogens is 362 g/mol. The van der Waals surface area contributed by atoms with Crippen molar-refractivity contribution < 1.29 is 9.59 Å². The van der Waals surface area contributed by atoms with Crippen LogP contribution in [0.1, 0.15) is 30.0 Å². The van der Waals surface area contributed by atoms with Crippen LogP contribution in [-0.4, -0.2) is 65.8 Å². The van der Waals surface area contributed by atoms with Gasteiger partial charge in [0.25, 0.3) is 0 Å².